The predicted octanol–water partition coefficient (Wildman–Crippen LogP) is 1.44. The molecule has 0 aliphatic heterocycles. The maximum atomic E-state index is 10.2. The Hall–Kier alpha value is -2.02. The van der Waals surface area contributed by atoms with E-state index in [1.165, 1.54) is 0 Å². The zero-order chi connectivity index (χ0) is 14.8. The van der Waals surface area contributed by atoms with Gasteiger partial charge in [-0.2, -0.15) is 4.98 Å². The molecule has 21 heavy (non-hydrogen) atoms. The van der Waals surface area contributed by atoms with Gasteiger partial charge < -0.3 is 14.9 Å². The van der Waals surface area contributed by atoms with E-state index in [0.717, 1.165) is 18.1 Å². The molecule has 3 atom stereocenters. The Morgan fingerprint density at radius 2 is 2.14 bits per heavy atom. The summed E-state index contributed by atoms with van der Waals surface area (Å²) in [7, 11) is 0. The maximum Gasteiger partial charge on any atom is 0.229 e. The Bertz CT molecular complexity index is 615. The summed E-state index contributed by atoms with van der Waals surface area (Å²) < 4.78 is 5.21. The minimum Gasteiger partial charge on any atom is -0.393 e. The van der Waals surface area contributed by atoms with Gasteiger partial charge in [-0.05, 0) is 32.8 Å². The maximum absolute atomic E-state index is 10.2. The summed E-state index contributed by atoms with van der Waals surface area (Å²) in [5.74, 6) is 3.07. The smallest absolute Gasteiger partial charge is 0.229 e. The van der Waals surface area contributed by atoms with Gasteiger partial charge in [0.2, 0.25) is 5.89 Å². The lowest BCUT2D eigenvalue weighted by Crippen LogP contribution is -2.22. The highest BCUT2D eigenvalue weighted by atomic mass is 16.5. The summed E-state index contributed by atoms with van der Waals surface area (Å²) in [5, 5.41) is 17.3. The number of nitrogens with zero attached hydrogens (tertiary/aromatic N) is 4. The van der Waals surface area contributed by atoms with Gasteiger partial charge in [-0.3, -0.25) is 0 Å². The number of aryl methyl sites for hydroxylation is 2. The van der Waals surface area contributed by atoms with E-state index in [1.54, 1.807) is 13.1 Å². The molecular weight excluding hydrogens is 270 g/mol. The SMILES string of the molecule is Cc1nccc(NC[C@H]2C[C@H](c3nc(C)no3)C[C@H]2O)n1. The van der Waals surface area contributed by atoms with Crippen molar-refractivity contribution in [3.63, 3.8) is 0 Å². The lowest BCUT2D eigenvalue weighted by Gasteiger charge is -2.15. The molecule has 0 radical (unpaired) electrons. The van der Waals surface area contributed by atoms with Gasteiger partial charge in [0.15, 0.2) is 5.82 Å². The highest BCUT2D eigenvalue weighted by molar-refractivity contribution is 5.32. The average Bonchev–Trinajstić information content (AvgIpc) is 3.03. The lowest BCUT2D eigenvalue weighted by atomic mass is 10.0. The Labute approximate surface area is 122 Å². The first-order chi connectivity index (χ1) is 10.1. The van der Waals surface area contributed by atoms with Crippen LogP contribution in [-0.4, -0.2) is 37.9 Å². The highest BCUT2D eigenvalue weighted by Gasteiger charge is 2.36. The molecule has 1 fully saturated rings. The molecule has 2 aromatic rings. The van der Waals surface area contributed by atoms with E-state index in [1.807, 2.05) is 13.0 Å². The van der Waals surface area contributed by atoms with Crippen LogP contribution in [0.3, 0.4) is 0 Å². The van der Waals surface area contributed by atoms with Crippen LogP contribution in [0.2, 0.25) is 0 Å². The molecule has 0 spiro atoms. The van der Waals surface area contributed by atoms with Crippen molar-refractivity contribution in [1.82, 2.24) is 20.1 Å². The summed E-state index contributed by atoms with van der Waals surface area (Å²) in [6.45, 7) is 4.32. The lowest BCUT2D eigenvalue weighted by molar-refractivity contribution is 0.137. The second kappa shape index (κ2) is 5.77. The van der Waals surface area contributed by atoms with Gasteiger partial charge in [0.25, 0.3) is 0 Å². The van der Waals surface area contributed by atoms with Crippen LogP contribution in [0.25, 0.3) is 0 Å². The molecule has 0 bridgehead atoms. The Morgan fingerprint density at radius 3 is 2.86 bits per heavy atom. The molecule has 0 unspecified atom stereocenters. The molecule has 2 aromatic heterocycles. The third-order valence-corrected chi connectivity index (χ3v) is 3.87. The van der Waals surface area contributed by atoms with Crippen molar-refractivity contribution in [2.24, 2.45) is 5.92 Å². The van der Waals surface area contributed by atoms with Crippen molar-refractivity contribution in [3.05, 3.63) is 29.8 Å². The van der Waals surface area contributed by atoms with Crippen LogP contribution in [-0.2, 0) is 0 Å². The number of rotatable bonds is 4. The van der Waals surface area contributed by atoms with Gasteiger partial charge in [-0.25, -0.2) is 9.97 Å². The summed E-state index contributed by atoms with van der Waals surface area (Å²) in [5.41, 5.74) is 0. The van der Waals surface area contributed by atoms with Crippen molar-refractivity contribution >= 4 is 5.82 Å². The molecule has 0 amide bonds. The van der Waals surface area contributed by atoms with Crippen LogP contribution in [0.15, 0.2) is 16.8 Å². The minimum atomic E-state index is -0.363. The molecule has 112 valence electrons. The summed E-state index contributed by atoms with van der Waals surface area (Å²) in [6.07, 6.45) is 2.86. The fourth-order valence-corrected chi connectivity index (χ4v) is 2.79. The number of aromatic nitrogens is 4. The number of hydrogen-bond acceptors (Lipinski definition) is 7. The van der Waals surface area contributed by atoms with Crippen LogP contribution in [0, 0.1) is 19.8 Å². The van der Waals surface area contributed by atoms with E-state index in [4.69, 9.17) is 4.52 Å². The van der Waals surface area contributed by atoms with Gasteiger partial charge in [0.05, 0.1) is 6.10 Å². The number of aliphatic hydroxyl groups is 1. The number of anilines is 1. The van der Waals surface area contributed by atoms with Crippen LogP contribution in [0.4, 0.5) is 5.82 Å². The predicted molar refractivity (Wildman–Crippen MR) is 75.8 cm³/mol. The van der Waals surface area contributed by atoms with Crippen LogP contribution >= 0.6 is 0 Å². The number of nitrogens with one attached hydrogen (secondary N) is 1. The van der Waals surface area contributed by atoms with E-state index in [9.17, 15) is 5.11 Å². The molecule has 2 N–H and O–H groups in total. The quantitative estimate of drug-likeness (QED) is 0.879. The van der Waals surface area contributed by atoms with E-state index in [2.05, 4.69) is 25.4 Å². The van der Waals surface area contributed by atoms with Gasteiger partial charge in [0.1, 0.15) is 11.6 Å². The first kappa shape index (κ1) is 13.9. The topological polar surface area (TPSA) is 97.0 Å². The fraction of sp³-hybridized carbons (Fsp3) is 0.571. The van der Waals surface area contributed by atoms with Gasteiger partial charge in [-0.1, -0.05) is 5.16 Å². The summed E-state index contributed by atoms with van der Waals surface area (Å²) in [4.78, 5) is 12.6. The zero-order valence-corrected chi connectivity index (χ0v) is 12.2. The Kier molecular flexibility index (Phi) is 3.83. The van der Waals surface area contributed by atoms with Crippen LogP contribution in [0.1, 0.15) is 36.3 Å². The highest BCUT2D eigenvalue weighted by Crippen LogP contribution is 2.37. The van der Waals surface area contributed by atoms with E-state index < -0.39 is 0 Å². The van der Waals surface area contributed by atoms with Crippen molar-refractivity contribution < 1.29 is 9.63 Å². The Balaban J connectivity index is 1.59. The monoisotopic (exact) mass is 289 g/mol. The van der Waals surface area contributed by atoms with Crippen molar-refractivity contribution in [3.8, 4) is 0 Å². The standard InChI is InChI=1S/C14H19N5O2/c1-8-15-4-3-13(17-8)16-7-11-5-10(6-12(11)20)14-18-9(2)19-21-14/h3-4,10-12,20H,5-7H2,1-2H3,(H,15,16,17)/t10-,11+,12+/m0/s1. The largest absolute Gasteiger partial charge is 0.393 e. The average molecular weight is 289 g/mol. The molecule has 1 aliphatic rings. The normalized spacial score (nSPS) is 25.2. The molecule has 2 heterocycles. The molecule has 1 saturated carbocycles. The first-order valence-electron chi connectivity index (χ1n) is 7.13. The third-order valence-electron chi connectivity index (χ3n) is 3.87. The minimum absolute atomic E-state index is 0.139. The molecule has 7 heteroatoms. The van der Waals surface area contributed by atoms with Gasteiger partial charge in [-0.15, -0.1) is 0 Å². The summed E-state index contributed by atoms with van der Waals surface area (Å²) >= 11 is 0. The molecule has 0 aromatic carbocycles. The second-order valence-electron chi connectivity index (χ2n) is 5.55. The van der Waals surface area contributed by atoms with E-state index in [0.29, 0.717) is 24.7 Å². The molecule has 1 aliphatic carbocycles. The molecule has 7 nitrogen and oxygen atoms in total. The van der Waals surface area contributed by atoms with Crippen LogP contribution in [0.5, 0.6) is 0 Å². The molecule has 0 saturated heterocycles. The van der Waals surface area contributed by atoms with Crippen molar-refractivity contribution in [2.45, 2.75) is 38.7 Å². The second-order valence-corrected chi connectivity index (χ2v) is 5.55. The fourth-order valence-electron chi connectivity index (χ4n) is 2.79. The van der Waals surface area contributed by atoms with Crippen molar-refractivity contribution in [2.75, 3.05) is 11.9 Å². The number of aliphatic hydroxyl groups excluding tert-OH is 1. The van der Waals surface area contributed by atoms with Crippen molar-refractivity contribution in [1.29, 1.82) is 0 Å². The molecular formula is C14H19N5O2. The zero-order valence-electron chi connectivity index (χ0n) is 12.2. The number of hydrogen-bond donors (Lipinski definition) is 2. The third kappa shape index (κ3) is 3.18. The van der Waals surface area contributed by atoms with Gasteiger partial charge >= 0.3 is 0 Å². The van der Waals surface area contributed by atoms with E-state index >= 15 is 0 Å². The molecule has 3 rings (SSSR count). The van der Waals surface area contributed by atoms with Gasteiger partial charge in [0, 0.05) is 24.6 Å². The summed E-state index contributed by atoms with van der Waals surface area (Å²) in [6, 6.07) is 1.83. The first-order valence-corrected chi connectivity index (χ1v) is 7.13. The van der Waals surface area contributed by atoms with E-state index in [-0.39, 0.29) is 17.9 Å². The Morgan fingerprint density at radius 1 is 1.29 bits per heavy atom. The van der Waals surface area contributed by atoms with Crippen LogP contribution < -0.4 is 5.32 Å².